The molecule has 0 saturated carbocycles. The van der Waals surface area contributed by atoms with E-state index in [4.69, 9.17) is 37.4 Å². The number of anilines is 1. The molecule has 2 aliphatic rings. The lowest BCUT2D eigenvalue weighted by Crippen LogP contribution is -2.89. The number of imidazole rings is 1. The van der Waals surface area contributed by atoms with Crippen LogP contribution in [-0.2, 0) is 21.8 Å². The number of aromatic nitrogens is 2. The molecular weight excluding hydrogens is 463 g/mol. The van der Waals surface area contributed by atoms with Crippen molar-refractivity contribution in [3.63, 3.8) is 0 Å². The summed E-state index contributed by atoms with van der Waals surface area (Å²) in [5.41, 5.74) is 1.96. The zero-order valence-electron chi connectivity index (χ0n) is 18.2. The summed E-state index contributed by atoms with van der Waals surface area (Å²) in [7, 11) is 0. The van der Waals surface area contributed by atoms with Gasteiger partial charge in [-0.25, -0.2) is 4.98 Å². The lowest BCUT2D eigenvalue weighted by Gasteiger charge is -2.30. The van der Waals surface area contributed by atoms with Gasteiger partial charge in [-0.05, 0) is 36.4 Å². The SMILES string of the molecule is Clc1ccc([C@]2(Cn3ccnc3)OC[C@@H](COc3ccc(N4CC[NH2+]CC4)cc3)O2)c(Cl)c1. The maximum atomic E-state index is 6.53. The van der Waals surface area contributed by atoms with Gasteiger partial charge in [0.15, 0.2) is 0 Å². The van der Waals surface area contributed by atoms with Crippen molar-refractivity contribution in [2.75, 3.05) is 44.3 Å². The number of nitrogens with two attached hydrogens (primary N) is 1. The third-order valence-electron chi connectivity index (χ3n) is 5.99. The van der Waals surface area contributed by atoms with Crippen LogP contribution in [-0.4, -0.2) is 55.0 Å². The lowest BCUT2D eigenvalue weighted by atomic mass is 10.1. The largest absolute Gasteiger partial charge is 0.491 e. The van der Waals surface area contributed by atoms with Crippen molar-refractivity contribution in [3.8, 4) is 5.75 Å². The van der Waals surface area contributed by atoms with Crippen LogP contribution >= 0.6 is 23.2 Å². The Kier molecular flexibility index (Phi) is 6.76. The van der Waals surface area contributed by atoms with Crippen molar-refractivity contribution in [2.24, 2.45) is 0 Å². The second kappa shape index (κ2) is 9.91. The zero-order valence-corrected chi connectivity index (χ0v) is 19.7. The van der Waals surface area contributed by atoms with Gasteiger partial charge in [0.25, 0.3) is 0 Å². The fraction of sp³-hybridized carbons (Fsp3) is 0.375. The summed E-state index contributed by atoms with van der Waals surface area (Å²) in [4.78, 5) is 6.53. The summed E-state index contributed by atoms with van der Waals surface area (Å²) < 4.78 is 20.6. The zero-order chi connectivity index (χ0) is 22.7. The average molecular weight is 490 g/mol. The van der Waals surface area contributed by atoms with Gasteiger partial charge in [-0.2, -0.15) is 0 Å². The van der Waals surface area contributed by atoms with Gasteiger partial charge in [-0.3, -0.25) is 0 Å². The molecule has 5 rings (SSSR count). The van der Waals surface area contributed by atoms with Gasteiger partial charge in [-0.1, -0.05) is 29.3 Å². The Morgan fingerprint density at radius 2 is 1.94 bits per heavy atom. The van der Waals surface area contributed by atoms with E-state index in [1.165, 1.54) is 5.69 Å². The minimum absolute atomic E-state index is 0.252. The topological polar surface area (TPSA) is 65.4 Å². The highest BCUT2D eigenvalue weighted by Crippen LogP contribution is 2.40. The predicted octanol–water partition coefficient (Wildman–Crippen LogP) is 2.92. The second-order valence-corrected chi connectivity index (χ2v) is 9.16. The Bertz CT molecular complexity index is 1060. The third-order valence-corrected chi connectivity index (χ3v) is 6.54. The van der Waals surface area contributed by atoms with Crippen molar-refractivity contribution < 1.29 is 19.5 Å². The minimum Gasteiger partial charge on any atom is -0.491 e. The molecule has 174 valence electrons. The van der Waals surface area contributed by atoms with E-state index in [0.717, 1.165) is 37.5 Å². The molecule has 0 radical (unpaired) electrons. The van der Waals surface area contributed by atoms with Crippen LogP contribution in [0.1, 0.15) is 5.56 Å². The maximum absolute atomic E-state index is 6.53. The number of halogens is 2. The normalized spacial score (nSPS) is 23.1. The van der Waals surface area contributed by atoms with Crippen molar-refractivity contribution in [1.29, 1.82) is 0 Å². The molecule has 9 heteroatoms. The lowest BCUT2D eigenvalue weighted by molar-refractivity contribution is -0.655. The Hall–Kier alpha value is -2.29. The summed E-state index contributed by atoms with van der Waals surface area (Å²) in [6.45, 7) is 5.57. The molecule has 33 heavy (non-hydrogen) atoms. The molecular formula is C24H27Cl2N4O3+. The second-order valence-electron chi connectivity index (χ2n) is 8.32. The number of rotatable bonds is 7. The smallest absolute Gasteiger partial charge is 0.215 e. The summed E-state index contributed by atoms with van der Waals surface area (Å²) in [5, 5.41) is 3.41. The third kappa shape index (κ3) is 5.13. The molecule has 7 nitrogen and oxygen atoms in total. The first-order valence-electron chi connectivity index (χ1n) is 11.1. The van der Waals surface area contributed by atoms with E-state index in [0.29, 0.717) is 29.8 Å². The number of hydrogen-bond donors (Lipinski definition) is 1. The molecule has 0 spiro atoms. The van der Waals surface area contributed by atoms with E-state index in [-0.39, 0.29) is 6.10 Å². The van der Waals surface area contributed by atoms with Gasteiger partial charge in [-0.15, -0.1) is 0 Å². The number of quaternary nitrogens is 1. The molecule has 2 aliphatic heterocycles. The van der Waals surface area contributed by atoms with E-state index in [1.807, 2.05) is 29.0 Å². The fourth-order valence-electron chi connectivity index (χ4n) is 4.33. The van der Waals surface area contributed by atoms with Crippen LogP contribution in [0.25, 0.3) is 0 Å². The molecule has 0 aliphatic carbocycles. The van der Waals surface area contributed by atoms with Gasteiger partial charge in [0.05, 0.1) is 50.7 Å². The van der Waals surface area contributed by atoms with Crippen molar-refractivity contribution in [3.05, 3.63) is 76.8 Å². The Labute approximate surface area is 203 Å². The number of ether oxygens (including phenoxy) is 3. The van der Waals surface area contributed by atoms with Crippen LogP contribution in [0.15, 0.2) is 61.2 Å². The Morgan fingerprint density at radius 1 is 1.12 bits per heavy atom. The van der Waals surface area contributed by atoms with Crippen molar-refractivity contribution in [2.45, 2.75) is 18.4 Å². The number of hydrogen-bond acceptors (Lipinski definition) is 5. The summed E-state index contributed by atoms with van der Waals surface area (Å²) >= 11 is 12.6. The first-order valence-corrected chi connectivity index (χ1v) is 11.9. The molecule has 0 amide bonds. The molecule has 0 unspecified atom stereocenters. The van der Waals surface area contributed by atoms with Gasteiger partial charge in [0.2, 0.25) is 5.79 Å². The molecule has 3 heterocycles. The molecule has 2 atom stereocenters. The molecule has 2 aromatic carbocycles. The van der Waals surface area contributed by atoms with E-state index < -0.39 is 5.79 Å². The molecule has 2 N–H and O–H groups in total. The van der Waals surface area contributed by atoms with Crippen molar-refractivity contribution >= 4 is 28.9 Å². The predicted molar refractivity (Wildman–Crippen MR) is 127 cm³/mol. The van der Waals surface area contributed by atoms with Crippen LogP contribution in [0.4, 0.5) is 5.69 Å². The van der Waals surface area contributed by atoms with Crippen LogP contribution < -0.4 is 15.0 Å². The highest BCUT2D eigenvalue weighted by atomic mass is 35.5. The number of piperazine rings is 1. The number of nitrogens with zero attached hydrogens (tertiary/aromatic N) is 3. The average Bonchev–Trinajstić information content (AvgIpc) is 3.49. The first kappa shape index (κ1) is 22.5. The molecule has 0 bridgehead atoms. The quantitative estimate of drug-likeness (QED) is 0.552. The van der Waals surface area contributed by atoms with Crippen LogP contribution in [0.5, 0.6) is 5.75 Å². The van der Waals surface area contributed by atoms with E-state index >= 15 is 0 Å². The summed E-state index contributed by atoms with van der Waals surface area (Å²) in [6, 6.07) is 13.6. The van der Waals surface area contributed by atoms with Crippen LogP contribution in [0.2, 0.25) is 10.0 Å². The first-order chi connectivity index (χ1) is 16.1. The fourth-order valence-corrected chi connectivity index (χ4v) is 4.88. The molecule has 1 aromatic heterocycles. The maximum Gasteiger partial charge on any atom is 0.215 e. The Morgan fingerprint density at radius 3 is 2.67 bits per heavy atom. The Balaban J connectivity index is 1.26. The monoisotopic (exact) mass is 489 g/mol. The van der Waals surface area contributed by atoms with E-state index in [1.54, 1.807) is 24.7 Å². The van der Waals surface area contributed by atoms with Gasteiger partial charge in [0.1, 0.15) is 18.5 Å². The van der Waals surface area contributed by atoms with E-state index in [2.05, 4.69) is 27.3 Å². The van der Waals surface area contributed by atoms with Crippen molar-refractivity contribution in [1.82, 2.24) is 9.55 Å². The highest BCUT2D eigenvalue weighted by Gasteiger charge is 2.45. The standard InChI is InChI=1S/C24H26Cl2N4O3/c25-18-1-6-22(23(26)13-18)24(16-29-10-7-28-17-29)32-15-21(33-24)14-31-20-4-2-19(3-5-20)30-11-8-27-9-12-30/h1-7,10,13,17,21,27H,8-9,11-12,14-16H2/p+1/t21-,24-/m1/s1. The number of benzene rings is 2. The molecule has 2 fully saturated rings. The van der Waals surface area contributed by atoms with Gasteiger partial charge < -0.3 is 29.0 Å². The van der Waals surface area contributed by atoms with Gasteiger partial charge >= 0.3 is 0 Å². The molecule has 3 aromatic rings. The highest BCUT2D eigenvalue weighted by molar-refractivity contribution is 6.35. The summed E-state index contributed by atoms with van der Waals surface area (Å²) in [6.07, 6.45) is 5.06. The van der Waals surface area contributed by atoms with Gasteiger partial charge in [0, 0.05) is 28.7 Å². The van der Waals surface area contributed by atoms with Crippen LogP contribution in [0, 0.1) is 0 Å². The van der Waals surface area contributed by atoms with Crippen LogP contribution in [0.3, 0.4) is 0 Å². The minimum atomic E-state index is -1.05. The molecule has 2 saturated heterocycles. The summed E-state index contributed by atoms with van der Waals surface area (Å²) in [5.74, 6) is -0.242. The van der Waals surface area contributed by atoms with E-state index in [9.17, 15) is 0 Å².